The molecule has 0 unspecified atom stereocenters. The van der Waals surface area contributed by atoms with Gasteiger partial charge in [0.1, 0.15) is 10.7 Å². The fraction of sp³-hybridized carbons (Fsp3) is 0.207. The first-order valence-corrected chi connectivity index (χ1v) is 13.3. The van der Waals surface area contributed by atoms with E-state index in [1.807, 2.05) is 37.5 Å². The molecule has 0 aliphatic carbocycles. The molecule has 0 aliphatic rings. The maximum Gasteiger partial charge on any atom is 0.263 e. The molecule has 188 valence electrons. The van der Waals surface area contributed by atoms with E-state index in [4.69, 9.17) is 0 Å². The monoisotopic (exact) mass is 510 g/mol. The van der Waals surface area contributed by atoms with Gasteiger partial charge in [0.2, 0.25) is 0 Å². The number of hydrogen-bond donors (Lipinski definition) is 4. The molecule has 3 aromatic carbocycles. The molecule has 0 radical (unpaired) electrons. The van der Waals surface area contributed by atoms with Crippen molar-refractivity contribution in [1.82, 2.24) is 20.3 Å². The molecule has 1 amide bonds. The van der Waals surface area contributed by atoms with E-state index in [1.165, 1.54) is 22.1 Å². The molecule has 5 rings (SSSR count). The van der Waals surface area contributed by atoms with Gasteiger partial charge in [-0.1, -0.05) is 48.5 Å². The number of thiazole rings is 1. The number of aromatic nitrogens is 3. The molecule has 0 fully saturated rings. The fourth-order valence-electron chi connectivity index (χ4n) is 4.40. The molecular formula is C29H30N6OS. The molecule has 7 nitrogen and oxygen atoms in total. The minimum atomic E-state index is -0.228. The Labute approximate surface area is 220 Å². The van der Waals surface area contributed by atoms with Crippen LogP contribution in [0.1, 0.15) is 40.8 Å². The van der Waals surface area contributed by atoms with E-state index in [-0.39, 0.29) is 11.9 Å². The molecular weight excluding hydrogens is 480 g/mol. The highest BCUT2D eigenvalue weighted by Crippen LogP contribution is 2.26. The van der Waals surface area contributed by atoms with Crippen LogP contribution in [0.5, 0.6) is 0 Å². The summed E-state index contributed by atoms with van der Waals surface area (Å²) in [7, 11) is 1.92. The highest BCUT2D eigenvalue weighted by Gasteiger charge is 2.20. The van der Waals surface area contributed by atoms with Gasteiger partial charge in [0.05, 0.1) is 41.0 Å². The van der Waals surface area contributed by atoms with Crippen molar-refractivity contribution in [2.24, 2.45) is 0 Å². The lowest BCUT2D eigenvalue weighted by molar-refractivity contribution is 0.0936. The average molecular weight is 511 g/mol. The van der Waals surface area contributed by atoms with Crippen molar-refractivity contribution in [2.75, 3.05) is 24.2 Å². The van der Waals surface area contributed by atoms with E-state index in [2.05, 4.69) is 73.4 Å². The topological polar surface area (TPSA) is 94.7 Å². The fourth-order valence-corrected chi connectivity index (χ4v) is 4.93. The Kier molecular flexibility index (Phi) is 7.76. The summed E-state index contributed by atoms with van der Waals surface area (Å²) < 4.78 is 0. The van der Waals surface area contributed by atoms with Crippen molar-refractivity contribution in [3.8, 4) is 11.3 Å². The molecule has 2 heterocycles. The van der Waals surface area contributed by atoms with Crippen molar-refractivity contribution >= 4 is 39.4 Å². The summed E-state index contributed by atoms with van der Waals surface area (Å²) in [6.07, 6.45) is 6.10. The van der Waals surface area contributed by atoms with Crippen LogP contribution in [0, 0.1) is 0 Å². The third-order valence-electron chi connectivity index (χ3n) is 6.38. The standard InChI is InChI=1S/C29H30N6OS/c1-30-23-10-4-5-11-24(23)32-15-7-6-12-25(35-29(36)27-18-31-19-37-27)28-33-17-26(34-28)22-14-13-20-8-2-3-9-21(20)16-22/h2-5,8-11,13-14,16-19,25,30,32H,6-7,12,15H2,1H3,(H,33,34)(H,35,36)/t25-/m0/s1. The lowest BCUT2D eigenvalue weighted by atomic mass is 10.1. The number of para-hydroxylation sites is 2. The SMILES string of the molecule is CNc1ccccc1NCCCC[C@H](NC(=O)c1cncs1)c1ncc(-c2ccc3ccccc3c2)[nH]1. The summed E-state index contributed by atoms with van der Waals surface area (Å²) in [6.45, 7) is 0.842. The van der Waals surface area contributed by atoms with Crippen molar-refractivity contribution in [3.63, 3.8) is 0 Å². The van der Waals surface area contributed by atoms with E-state index in [9.17, 15) is 4.79 Å². The van der Waals surface area contributed by atoms with Gasteiger partial charge in [-0.05, 0) is 48.2 Å². The van der Waals surface area contributed by atoms with Gasteiger partial charge >= 0.3 is 0 Å². The Morgan fingerprint density at radius 2 is 1.78 bits per heavy atom. The summed E-state index contributed by atoms with van der Waals surface area (Å²) in [5.41, 5.74) is 5.84. The van der Waals surface area contributed by atoms with Crippen LogP contribution in [0.2, 0.25) is 0 Å². The highest BCUT2D eigenvalue weighted by atomic mass is 32.1. The molecule has 0 saturated carbocycles. The van der Waals surface area contributed by atoms with Crippen molar-refractivity contribution in [2.45, 2.75) is 25.3 Å². The molecule has 1 atom stereocenters. The number of nitrogens with one attached hydrogen (secondary N) is 4. The number of hydrogen-bond acceptors (Lipinski definition) is 6. The normalized spacial score (nSPS) is 11.8. The second-order valence-electron chi connectivity index (χ2n) is 8.85. The van der Waals surface area contributed by atoms with Crippen molar-refractivity contribution in [3.05, 3.63) is 95.3 Å². The number of rotatable bonds is 11. The smallest absolute Gasteiger partial charge is 0.263 e. The van der Waals surface area contributed by atoms with E-state index in [1.54, 1.807) is 11.7 Å². The molecule has 0 aliphatic heterocycles. The number of benzene rings is 3. The number of aromatic amines is 1. The molecule has 4 N–H and O–H groups in total. The molecule has 37 heavy (non-hydrogen) atoms. The molecule has 0 bridgehead atoms. The van der Waals surface area contributed by atoms with Crippen LogP contribution in [0.4, 0.5) is 11.4 Å². The van der Waals surface area contributed by atoms with E-state index in [0.717, 1.165) is 54.3 Å². The van der Waals surface area contributed by atoms with Gasteiger partial charge in [-0.25, -0.2) is 4.98 Å². The first kappa shape index (κ1) is 24.5. The van der Waals surface area contributed by atoms with Crippen LogP contribution < -0.4 is 16.0 Å². The van der Waals surface area contributed by atoms with Crippen LogP contribution in [-0.2, 0) is 0 Å². The van der Waals surface area contributed by atoms with Gasteiger partial charge in [0.15, 0.2) is 0 Å². The Morgan fingerprint density at radius 3 is 2.59 bits per heavy atom. The van der Waals surface area contributed by atoms with Crippen molar-refractivity contribution in [1.29, 1.82) is 0 Å². The summed E-state index contributed by atoms with van der Waals surface area (Å²) in [5, 5.41) is 12.3. The van der Waals surface area contributed by atoms with Gasteiger partial charge in [0, 0.05) is 19.2 Å². The minimum Gasteiger partial charge on any atom is -0.386 e. The van der Waals surface area contributed by atoms with Crippen LogP contribution in [0.3, 0.4) is 0 Å². The number of unbranched alkanes of at least 4 members (excludes halogenated alkanes) is 1. The maximum absolute atomic E-state index is 12.9. The number of H-pyrrole nitrogens is 1. The minimum absolute atomic E-state index is 0.128. The average Bonchev–Trinajstić information content (AvgIpc) is 3.65. The summed E-state index contributed by atoms with van der Waals surface area (Å²) in [4.78, 5) is 25.6. The predicted molar refractivity (Wildman–Crippen MR) is 152 cm³/mol. The zero-order chi connectivity index (χ0) is 25.5. The number of amides is 1. The zero-order valence-electron chi connectivity index (χ0n) is 20.7. The number of carbonyl (C=O) groups excluding carboxylic acids is 1. The Morgan fingerprint density at radius 1 is 0.973 bits per heavy atom. The largest absolute Gasteiger partial charge is 0.386 e. The lowest BCUT2D eigenvalue weighted by Gasteiger charge is -2.17. The summed E-state index contributed by atoms with van der Waals surface area (Å²) in [6, 6.07) is 22.6. The molecule has 5 aromatic rings. The number of nitrogens with zero attached hydrogens (tertiary/aromatic N) is 2. The van der Waals surface area contributed by atoms with Crippen molar-refractivity contribution < 1.29 is 4.79 Å². The van der Waals surface area contributed by atoms with Gasteiger partial charge in [-0.3, -0.25) is 9.78 Å². The summed E-state index contributed by atoms with van der Waals surface area (Å²) >= 11 is 1.33. The third kappa shape index (κ3) is 5.98. The van der Waals surface area contributed by atoms with Crippen LogP contribution >= 0.6 is 11.3 Å². The summed E-state index contributed by atoms with van der Waals surface area (Å²) in [5.74, 6) is 0.631. The second-order valence-corrected chi connectivity index (χ2v) is 9.74. The quantitative estimate of drug-likeness (QED) is 0.153. The zero-order valence-corrected chi connectivity index (χ0v) is 21.5. The number of anilines is 2. The van der Waals surface area contributed by atoms with E-state index >= 15 is 0 Å². The third-order valence-corrected chi connectivity index (χ3v) is 7.15. The van der Waals surface area contributed by atoms with Gasteiger partial charge in [-0.2, -0.15) is 0 Å². The molecule has 0 saturated heterocycles. The number of fused-ring (bicyclic) bond motifs is 1. The Hall–Kier alpha value is -4.17. The molecule has 0 spiro atoms. The van der Waals surface area contributed by atoms with Gasteiger partial charge in [0.25, 0.3) is 5.91 Å². The Bertz CT molecular complexity index is 1460. The molecule has 8 heteroatoms. The van der Waals surface area contributed by atoms with Crippen LogP contribution in [0.25, 0.3) is 22.0 Å². The number of imidazole rings is 1. The van der Waals surface area contributed by atoms with Crippen LogP contribution in [-0.4, -0.2) is 34.5 Å². The van der Waals surface area contributed by atoms with Gasteiger partial charge in [-0.15, -0.1) is 11.3 Å². The molecule has 2 aromatic heterocycles. The second kappa shape index (κ2) is 11.7. The number of carbonyl (C=O) groups is 1. The lowest BCUT2D eigenvalue weighted by Crippen LogP contribution is -2.29. The maximum atomic E-state index is 12.9. The van der Waals surface area contributed by atoms with E-state index in [0.29, 0.717) is 4.88 Å². The van der Waals surface area contributed by atoms with Crippen LogP contribution in [0.15, 0.2) is 84.6 Å². The Balaban J connectivity index is 1.27. The van der Waals surface area contributed by atoms with Gasteiger partial charge < -0.3 is 20.9 Å². The first-order valence-electron chi connectivity index (χ1n) is 12.5. The first-order chi connectivity index (χ1) is 18.2. The predicted octanol–water partition coefficient (Wildman–Crippen LogP) is 6.48. The van der Waals surface area contributed by atoms with E-state index < -0.39 is 0 Å². The highest BCUT2D eigenvalue weighted by molar-refractivity contribution is 7.11.